The summed E-state index contributed by atoms with van der Waals surface area (Å²) >= 11 is 0. The zero-order valence-corrected chi connectivity index (χ0v) is 11.5. The summed E-state index contributed by atoms with van der Waals surface area (Å²) in [7, 11) is -1.36. The Bertz CT molecular complexity index is 587. The van der Waals surface area contributed by atoms with Crippen LogP contribution in [0.4, 0.5) is 10.1 Å². The highest BCUT2D eigenvalue weighted by atomic mass is 32.2. The predicted octanol–water partition coefficient (Wildman–Crippen LogP) is 0.631. The third-order valence-electron chi connectivity index (χ3n) is 2.39. The maximum Gasteiger partial charge on any atom is 0.304 e. The van der Waals surface area contributed by atoms with Crippen molar-refractivity contribution in [2.75, 3.05) is 20.8 Å². The molecule has 0 heterocycles. The molecular formula is C10H13FN2O6S. The largest absolute Gasteiger partial charge is 0.355 e. The van der Waals surface area contributed by atoms with E-state index in [9.17, 15) is 22.9 Å². The van der Waals surface area contributed by atoms with Gasteiger partial charge in [0, 0.05) is 26.4 Å². The molecule has 112 valence electrons. The van der Waals surface area contributed by atoms with Crippen molar-refractivity contribution in [2.45, 2.75) is 11.2 Å². The minimum atomic E-state index is -4.01. The molecule has 0 saturated carbocycles. The molecule has 0 amide bonds. The fraction of sp³-hybridized carbons (Fsp3) is 0.400. The molecule has 1 N–H and O–H groups in total. The first-order valence-corrected chi connectivity index (χ1v) is 6.79. The van der Waals surface area contributed by atoms with Gasteiger partial charge in [-0.25, -0.2) is 13.1 Å². The Kier molecular flexibility index (Phi) is 5.51. The summed E-state index contributed by atoms with van der Waals surface area (Å²) in [6, 6.07) is 2.31. The molecule has 0 aliphatic carbocycles. The molecule has 1 aromatic carbocycles. The van der Waals surface area contributed by atoms with E-state index in [-0.39, 0.29) is 6.54 Å². The van der Waals surface area contributed by atoms with Gasteiger partial charge in [-0.1, -0.05) is 0 Å². The van der Waals surface area contributed by atoms with Crippen molar-refractivity contribution in [1.82, 2.24) is 4.72 Å². The van der Waals surface area contributed by atoms with Crippen LogP contribution in [0.2, 0.25) is 0 Å². The lowest BCUT2D eigenvalue weighted by Crippen LogP contribution is -2.34. The van der Waals surface area contributed by atoms with Gasteiger partial charge in [0.05, 0.1) is 16.4 Å². The molecule has 0 radical (unpaired) electrons. The van der Waals surface area contributed by atoms with Crippen molar-refractivity contribution in [2.24, 2.45) is 0 Å². The number of nitrogens with one attached hydrogen (secondary N) is 1. The first-order chi connectivity index (χ1) is 9.31. The molecule has 0 aromatic heterocycles. The van der Waals surface area contributed by atoms with Gasteiger partial charge in [0.1, 0.15) is 0 Å². The molecule has 0 unspecified atom stereocenters. The topological polar surface area (TPSA) is 108 Å². The number of rotatable bonds is 7. The predicted molar refractivity (Wildman–Crippen MR) is 66.0 cm³/mol. The highest BCUT2D eigenvalue weighted by Gasteiger charge is 2.21. The van der Waals surface area contributed by atoms with Gasteiger partial charge in [-0.05, 0) is 6.07 Å². The van der Waals surface area contributed by atoms with Gasteiger partial charge < -0.3 is 9.47 Å². The standard InChI is InChI=1S/C10H13FN2O6S/c1-18-10(19-2)6-12-20(16,17)7-3-4-9(13(14)15)8(11)5-7/h3-5,10,12H,6H2,1-2H3. The van der Waals surface area contributed by atoms with Crippen LogP contribution in [0, 0.1) is 15.9 Å². The summed E-state index contributed by atoms with van der Waals surface area (Å²) in [5.41, 5.74) is -0.796. The Hall–Kier alpha value is -1.62. The molecule has 10 heteroatoms. The van der Waals surface area contributed by atoms with Crippen molar-refractivity contribution in [1.29, 1.82) is 0 Å². The van der Waals surface area contributed by atoms with Gasteiger partial charge in [-0.3, -0.25) is 10.1 Å². The SMILES string of the molecule is COC(CNS(=O)(=O)c1ccc([N+](=O)[O-])c(F)c1)OC. The van der Waals surface area contributed by atoms with E-state index >= 15 is 0 Å². The summed E-state index contributed by atoms with van der Waals surface area (Å²) in [5, 5.41) is 10.4. The molecule has 0 aliphatic heterocycles. The third kappa shape index (κ3) is 3.93. The van der Waals surface area contributed by atoms with Crippen LogP contribution in [0.15, 0.2) is 23.1 Å². The van der Waals surface area contributed by atoms with Crippen LogP contribution in [-0.2, 0) is 19.5 Å². The lowest BCUT2D eigenvalue weighted by Gasteiger charge is -2.14. The molecular weight excluding hydrogens is 295 g/mol. The molecule has 0 bridgehead atoms. The summed E-state index contributed by atoms with van der Waals surface area (Å²) in [5.74, 6) is -1.23. The Morgan fingerprint density at radius 2 is 2.00 bits per heavy atom. The van der Waals surface area contributed by atoms with Crippen molar-refractivity contribution in [3.05, 3.63) is 34.1 Å². The number of sulfonamides is 1. The smallest absolute Gasteiger partial charge is 0.304 e. The van der Waals surface area contributed by atoms with Crippen LogP contribution in [0.25, 0.3) is 0 Å². The van der Waals surface area contributed by atoms with E-state index in [1.807, 2.05) is 0 Å². The Balaban J connectivity index is 2.93. The van der Waals surface area contributed by atoms with E-state index in [1.165, 1.54) is 14.2 Å². The molecule has 8 nitrogen and oxygen atoms in total. The number of nitro groups is 1. The minimum Gasteiger partial charge on any atom is -0.355 e. The molecule has 0 atom stereocenters. The van der Waals surface area contributed by atoms with Crippen molar-refractivity contribution in [3.63, 3.8) is 0 Å². The number of benzene rings is 1. The molecule has 0 fully saturated rings. The number of halogens is 1. The molecule has 0 aliphatic rings. The number of hydrogen-bond acceptors (Lipinski definition) is 6. The number of ether oxygens (including phenoxy) is 2. The van der Waals surface area contributed by atoms with Gasteiger partial charge in [0.25, 0.3) is 0 Å². The van der Waals surface area contributed by atoms with Gasteiger partial charge in [-0.2, -0.15) is 4.39 Å². The first-order valence-electron chi connectivity index (χ1n) is 5.31. The maximum absolute atomic E-state index is 13.4. The highest BCUT2D eigenvalue weighted by Crippen LogP contribution is 2.20. The zero-order valence-electron chi connectivity index (χ0n) is 10.7. The molecule has 1 aromatic rings. The molecule has 0 spiro atoms. The van der Waals surface area contributed by atoms with Crippen LogP contribution < -0.4 is 4.72 Å². The lowest BCUT2D eigenvalue weighted by molar-refractivity contribution is -0.387. The Morgan fingerprint density at radius 1 is 1.40 bits per heavy atom. The number of nitrogens with zero attached hydrogens (tertiary/aromatic N) is 1. The molecule has 1 rings (SSSR count). The summed E-state index contributed by atoms with van der Waals surface area (Å²) in [6.07, 6.45) is -0.798. The zero-order chi connectivity index (χ0) is 15.3. The fourth-order valence-electron chi connectivity index (χ4n) is 1.33. The summed E-state index contributed by atoms with van der Waals surface area (Å²) < 4.78 is 48.8. The van der Waals surface area contributed by atoms with Crippen LogP contribution in [0.5, 0.6) is 0 Å². The normalized spacial score (nSPS) is 11.8. The average Bonchev–Trinajstić information content (AvgIpc) is 2.39. The van der Waals surface area contributed by atoms with Gasteiger partial charge in [0.15, 0.2) is 6.29 Å². The number of nitro benzene ring substituents is 1. The number of methoxy groups -OCH3 is 2. The van der Waals surface area contributed by atoms with Crippen molar-refractivity contribution >= 4 is 15.7 Å². The second kappa shape index (κ2) is 6.70. The van der Waals surface area contributed by atoms with E-state index in [0.717, 1.165) is 12.1 Å². The van der Waals surface area contributed by atoms with Crippen LogP contribution in [0.1, 0.15) is 0 Å². The minimum absolute atomic E-state index is 0.187. The monoisotopic (exact) mass is 308 g/mol. The van der Waals surface area contributed by atoms with E-state index in [4.69, 9.17) is 9.47 Å². The fourth-order valence-corrected chi connectivity index (χ4v) is 2.35. The molecule has 20 heavy (non-hydrogen) atoms. The van der Waals surface area contributed by atoms with Crippen LogP contribution >= 0.6 is 0 Å². The number of hydrogen-bond donors (Lipinski definition) is 1. The van der Waals surface area contributed by atoms with Crippen molar-refractivity contribution < 1.29 is 27.2 Å². The van der Waals surface area contributed by atoms with E-state index < -0.39 is 37.6 Å². The van der Waals surface area contributed by atoms with E-state index in [0.29, 0.717) is 6.07 Å². The van der Waals surface area contributed by atoms with Crippen LogP contribution in [0.3, 0.4) is 0 Å². The highest BCUT2D eigenvalue weighted by molar-refractivity contribution is 7.89. The van der Waals surface area contributed by atoms with E-state index in [2.05, 4.69) is 4.72 Å². The second-order valence-electron chi connectivity index (χ2n) is 3.62. The van der Waals surface area contributed by atoms with Gasteiger partial charge in [-0.15, -0.1) is 0 Å². The lowest BCUT2D eigenvalue weighted by atomic mass is 10.3. The van der Waals surface area contributed by atoms with E-state index in [1.54, 1.807) is 0 Å². The third-order valence-corrected chi connectivity index (χ3v) is 3.81. The Morgan fingerprint density at radius 3 is 2.45 bits per heavy atom. The molecule has 0 saturated heterocycles. The Labute approximate surface area is 114 Å². The summed E-state index contributed by atoms with van der Waals surface area (Å²) in [6.45, 7) is -0.187. The second-order valence-corrected chi connectivity index (χ2v) is 5.39. The quantitative estimate of drug-likeness (QED) is 0.450. The van der Waals surface area contributed by atoms with Gasteiger partial charge >= 0.3 is 5.69 Å². The summed E-state index contributed by atoms with van der Waals surface area (Å²) in [4.78, 5) is 9.08. The van der Waals surface area contributed by atoms with Crippen LogP contribution in [-0.4, -0.2) is 40.4 Å². The van der Waals surface area contributed by atoms with Crippen molar-refractivity contribution in [3.8, 4) is 0 Å². The first kappa shape index (κ1) is 16.4. The maximum atomic E-state index is 13.4. The average molecular weight is 308 g/mol. The van der Waals surface area contributed by atoms with Gasteiger partial charge in [0.2, 0.25) is 15.8 Å².